The van der Waals surface area contributed by atoms with E-state index in [0.29, 0.717) is 32.4 Å². The van der Waals surface area contributed by atoms with Gasteiger partial charge in [0, 0.05) is 19.4 Å². The minimum absolute atomic E-state index is 0.0648. The third-order valence-corrected chi connectivity index (χ3v) is 5.26. The lowest BCUT2D eigenvalue weighted by Crippen LogP contribution is -2.35. The summed E-state index contributed by atoms with van der Waals surface area (Å²) in [5.74, 6) is 0.892. The monoisotopic (exact) mass is 349 g/mol. The van der Waals surface area contributed by atoms with E-state index in [0.717, 1.165) is 28.0 Å². The molecule has 1 saturated heterocycles. The van der Waals surface area contributed by atoms with Crippen LogP contribution in [-0.4, -0.2) is 39.0 Å². The molecule has 0 aliphatic carbocycles. The minimum atomic E-state index is -0.944. The summed E-state index contributed by atoms with van der Waals surface area (Å²) in [7, 11) is 0. The molecule has 1 aromatic heterocycles. The number of rotatable bonds is 4. The highest BCUT2D eigenvalue weighted by Gasteiger charge is 2.40. The van der Waals surface area contributed by atoms with Crippen molar-refractivity contribution < 1.29 is 9.90 Å². The molecule has 1 amide bonds. The number of aryl methyl sites for hydroxylation is 2. The maximum Gasteiger partial charge on any atom is 0.223 e. The van der Waals surface area contributed by atoms with Crippen LogP contribution in [0.25, 0.3) is 11.0 Å². The number of amides is 1. The molecule has 134 valence electrons. The molecule has 2 N–H and O–H groups in total. The van der Waals surface area contributed by atoms with Gasteiger partial charge in [-0.3, -0.25) is 4.79 Å². The summed E-state index contributed by atoms with van der Waals surface area (Å²) in [6.45, 7) is 2.94. The van der Waals surface area contributed by atoms with Crippen molar-refractivity contribution in [1.29, 1.82) is 0 Å². The highest BCUT2D eigenvalue weighted by Crippen LogP contribution is 2.34. The van der Waals surface area contributed by atoms with Gasteiger partial charge in [-0.15, -0.1) is 0 Å². The van der Waals surface area contributed by atoms with Gasteiger partial charge in [-0.25, -0.2) is 4.98 Å². The minimum Gasteiger partial charge on any atom is -0.383 e. The van der Waals surface area contributed by atoms with Crippen LogP contribution < -0.4 is 0 Å². The third kappa shape index (κ3) is 3.10. The quantitative estimate of drug-likeness (QED) is 0.761. The number of hydrogen-bond donors (Lipinski definition) is 2. The van der Waals surface area contributed by atoms with E-state index in [2.05, 4.69) is 9.97 Å². The molecule has 1 aliphatic heterocycles. The first-order chi connectivity index (χ1) is 12.5. The number of aromatic amines is 1. The van der Waals surface area contributed by atoms with Gasteiger partial charge in [0.25, 0.3) is 0 Å². The number of nitrogens with one attached hydrogen (secondary N) is 1. The van der Waals surface area contributed by atoms with E-state index in [-0.39, 0.29) is 5.91 Å². The molecule has 0 saturated carbocycles. The van der Waals surface area contributed by atoms with Crippen molar-refractivity contribution in [3.8, 4) is 0 Å². The summed E-state index contributed by atoms with van der Waals surface area (Å²) in [4.78, 5) is 22.2. The van der Waals surface area contributed by atoms with E-state index in [4.69, 9.17) is 0 Å². The molecular weight excluding hydrogens is 326 g/mol. The molecule has 0 unspecified atom stereocenters. The van der Waals surface area contributed by atoms with Gasteiger partial charge in [0.1, 0.15) is 11.4 Å². The SMILES string of the molecule is Cc1ccccc1[C@]1(O)CCN(C(=O)CCc2nc3ccccc3[nH]2)C1. The molecule has 26 heavy (non-hydrogen) atoms. The number of fused-ring (bicyclic) bond motifs is 1. The second-order valence-electron chi connectivity index (χ2n) is 7.11. The van der Waals surface area contributed by atoms with Gasteiger partial charge < -0.3 is 15.0 Å². The molecule has 2 heterocycles. The summed E-state index contributed by atoms with van der Waals surface area (Å²) >= 11 is 0. The zero-order valence-corrected chi connectivity index (χ0v) is 14.9. The normalized spacial score (nSPS) is 20.0. The van der Waals surface area contributed by atoms with Crippen molar-refractivity contribution in [2.45, 2.75) is 31.8 Å². The number of aliphatic hydroxyl groups is 1. The van der Waals surface area contributed by atoms with Crippen LogP contribution in [0.2, 0.25) is 0 Å². The van der Waals surface area contributed by atoms with Gasteiger partial charge >= 0.3 is 0 Å². The number of hydrogen-bond acceptors (Lipinski definition) is 3. The van der Waals surface area contributed by atoms with Crippen molar-refractivity contribution in [3.05, 3.63) is 65.5 Å². The zero-order chi connectivity index (χ0) is 18.1. The highest BCUT2D eigenvalue weighted by molar-refractivity contribution is 5.78. The van der Waals surface area contributed by atoms with Gasteiger partial charge in [0.15, 0.2) is 0 Å². The van der Waals surface area contributed by atoms with Gasteiger partial charge in [-0.1, -0.05) is 36.4 Å². The first kappa shape index (κ1) is 16.8. The number of carbonyl (C=O) groups excluding carboxylic acids is 1. The van der Waals surface area contributed by atoms with Crippen molar-refractivity contribution in [1.82, 2.24) is 14.9 Å². The molecule has 0 radical (unpaired) electrons. The second-order valence-corrected chi connectivity index (χ2v) is 7.11. The topological polar surface area (TPSA) is 69.2 Å². The molecule has 1 atom stereocenters. The number of para-hydroxylation sites is 2. The number of imidazole rings is 1. The Morgan fingerprint density at radius 1 is 1.23 bits per heavy atom. The van der Waals surface area contributed by atoms with Crippen LogP contribution in [0.15, 0.2) is 48.5 Å². The molecular formula is C21H23N3O2. The molecule has 0 spiro atoms. The lowest BCUT2D eigenvalue weighted by atomic mass is 9.89. The van der Waals surface area contributed by atoms with Crippen molar-refractivity contribution in [3.63, 3.8) is 0 Å². The molecule has 4 rings (SSSR count). The number of nitrogens with zero attached hydrogens (tertiary/aromatic N) is 2. The molecule has 2 aromatic carbocycles. The molecule has 0 bridgehead atoms. The Labute approximate surface area is 152 Å². The predicted molar refractivity (Wildman–Crippen MR) is 101 cm³/mol. The van der Waals surface area contributed by atoms with Crippen LogP contribution in [0.1, 0.15) is 29.8 Å². The van der Waals surface area contributed by atoms with E-state index in [1.165, 1.54) is 0 Å². The Bertz CT molecular complexity index is 916. The Morgan fingerprint density at radius 2 is 2.00 bits per heavy atom. The van der Waals surface area contributed by atoms with E-state index >= 15 is 0 Å². The maximum atomic E-state index is 12.6. The van der Waals surface area contributed by atoms with E-state index in [1.54, 1.807) is 4.90 Å². The summed E-state index contributed by atoms with van der Waals surface area (Å²) in [5.41, 5.74) is 2.95. The standard InChI is InChI=1S/C21H23N3O2/c1-15-6-2-3-7-16(15)21(26)12-13-24(14-21)20(25)11-10-19-22-17-8-4-5-9-18(17)23-19/h2-9,26H,10-14H2,1H3,(H,22,23)/t21-/m0/s1. The van der Waals surface area contributed by atoms with Gasteiger partial charge in [0.05, 0.1) is 17.6 Å². The second kappa shape index (κ2) is 6.57. The number of likely N-dealkylation sites (tertiary alicyclic amines) is 1. The lowest BCUT2D eigenvalue weighted by Gasteiger charge is -2.25. The van der Waals surface area contributed by atoms with Crippen LogP contribution in [0, 0.1) is 6.92 Å². The van der Waals surface area contributed by atoms with E-state index in [1.807, 2.05) is 55.5 Å². The number of benzene rings is 2. The van der Waals surface area contributed by atoms with E-state index in [9.17, 15) is 9.90 Å². The number of carbonyl (C=O) groups is 1. The predicted octanol–water partition coefficient (Wildman–Crippen LogP) is 2.92. The smallest absolute Gasteiger partial charge is 0.223 e. The number of β-amino-alcohol motifs (C(OH)–C–C–N with tert-alkyl or cyclic N) is 1. The fourth-order valence-electron chi connectivity index (χ4n) is 3.83. The average Bonchev–Trinajstić information content (AvgIpc) is 3.24. The number of H-pyrrole nitrogens is 1. The summed E-state index contributed by atoms with van der Waals surface area (Å²) in [5, 5.41) is 11.0. The fourth-order valence-corrected chi connectivity index (χ4v) is 3.83. The summed E-state index contributed by atoms with van der Waals surface area (Å²) < 4.78 is 0. The van der Waals surface area contributed by atoms with Gasteiger partial charge in [0.2, 0.25) is 5.91 Å². The Balaban J connectivity index is 1.40. The van der Waals surface area contributed by atoms with E-state index < -0.39 is 5.60 Å². The average molecular weight is 349 g/mol. The number of aromatic nitrogens is 2. The van der Waals surface area contributed by atoms with Crippen LogP contribution in [0.3, 0.4) is 0 Å². The molecule has 5 heteroatoms. The maximum absolute atomic E-state index is 12.6. The highest BCUT2D eigenvalue weighted by atomic mass is 16.3. The van der Waals surface area contributed by atoms with Crippen molar-refractivity contribution in [2.24, 2.45) is 0 Å². The fraction of sp³-hybridized carbons (Fsp3) is 0.333. The zero-order valence-electron chi connectivity index (χ0n) is 14.9. The summed E-state index contributed by atoms with van der Waals surface area (Å²) in [6, 6.07) is 15.7. The molecule has 1 fully saturated rings. The summed E-state index contributed by atoms with van der Waals surface area (Å²) in [6.07, 6.45) is 1.55. The van der Waals surface area contributed by atoms with Crippen molar-refractivity contribution >= 4 is 16.9 Å². The lowest BCUT2D eigenvalue weighted by molar-refractivity contribution is -0.131. The largest absolute Gasteiger partial charge is 0.383 e. The van der Waals surface area contributed by atoms with Crippen LogP contribution in [0.4, 0.5) is 0 Å². The molecule has 5 nitrogen and oxygen atoms in total. The van der Waals surface area contributed by atoms with Gasteiger partial charge in [-0.2, -0.15) is 0 Å². The Morgan fingerprint density at radius 3 is 2.81 bits per heavy atom. The Kier molecular flexibility index (Phi) is 4.24. The molecule has 1 aliphatic rings. The van der Waals surface area contributed by atoms with Crippen molar-refractivity contribution in [2.75, 3.05) is 13.1 Å². The van der Waals surface area contributed by atoms with Crippen LogP contribution in [0.5, 0.6) is 0 Å². The Hall–Kier alpha value is -2.66. The molecule has 3 aromatic rings. The van der Waals surface area contributed by atoms with Gasteiger partial charge in [-0.05, 0) is 36.6 Å². The van der Waals surface area contributed by atoms with Crippen LogP contribution >= 0.6 is 0 Å². The third-order valence-electron chi connectivity index (χ3n) is 5.26. The first-order valence-corrected chi connectivity index (χ1v) is 9.05. The van der Waals surface area contributed by atoms with Crippen LogP contribution in [-0.2, 0) is 16.8 Å². The first-order valence-electron chi connectivity index (χ1n) is 9.05.